The van der Waals surface area contributed by atoms with Gasteiger partial charge in [0.05, 0.1) is 0 Å². The van der Waals surface area contributed by atoms with E-state index in [1.165, 1.54) is 0 Å². The highest BCUT2D eigenvalue weighted by molar-refractivity contribution is 5.95. The van der Waals surface area contributed by atoms with Crippen LogP contribution in [0.5, 0.6) is 0 Å². The molecule has 0 aromatic heterocycles. The molecule has 0 heterocycles. The van der Waals surface area contributed by atoms with Crippen LogP contribution in [0.25, 0.3) is 0 Å². The Hall–Kier alpha value is -1.35. The first-order valence-corrected chi connectivity index (χ1v) is 6.18. The number of benzene rings is 1. The van der Waals surface area contributed by atoms with E-state index in [-0.39, 0.29) is 5.91 Å². The normalized spacial score (nSPS) is 10.3. The van der Waals surface area contributed by atoms with Gasteiger partial charge in [0.15, 0.2) is 0 Å². The minimum absolute atomic E-state index is 0.124. The van der Waals surface area contributed by atoms with Crippen molar-refractivity contribution < 1.29 is 4.79 Å². The molecule has 1 amide bonds. The third-order valence-electron chi connectivity index (χ3n) is 2.90. The first-order valence-electron chi connectivity index (χ1n) is 6.18. The van der Waals surface area contributed by atoms with Gasteiger partial charge in [0, 0.05) is 19.2 Å². The molecule has 1 rings (SSSR count). The molecule has 0 spiro atoms. The molecule has 0 saturated carbocycles. The Morgan fingerprint density at radius 2 is 2.06 bits per heavy atom. The second kappa shape index (κ2) is 7.07. The van der Waals surface area contributed by atoms with E-state index in [4.69, 9.17) is 0 Å². The lowest BCUT2D eigenvalue weighted by Crippen LogP contribution is -2.30. The number of rotatable bonds is 6. The van der Waals surface area contributed by atoms with Gasteiger partial charge in [-0.3, -0.25) is 4.79 Å². The van der Waals surface area contributed by atoms with E-state index in [9.17, 15) is 4.79 Å². The van der Waals surface area contributed by atoms with E-state index in [0.29, 0.717) is 0 Å². The fourth-order valence-corrected chi connectivity index (χ4v) is 1.84. The molecule has 0 unspecified atom stereocenters. The summed E-state index contributed by atoms with van der Waals surface area (Å²) >= 11 is 0. The number of nitrogens with zero attached hydrogens (tertiary/aromatic N) is 1. The van der Waals surface area contributed by atoms with Gasteiger partial charge in [-0.25, -0.2) is 0 Å². The van der Waals surface area contributed by atoms with Crippen LogP contribution in [0.4, 0.5) is 0 Å². The van der Waals surface area contributed by atoms with Crippen LogP contribution in [-0.2, 0) is 6.42 Å². The summed E-state index contributed by atoms with van der Waals surface area (Å²) in [7, 11) is 3.79. The van der Waals surface area contributed by atoms with E-state index < -0.39 is 0 Å². The predicted molar refractivity (Wildman–Crippen MR) is 71.3 cm³/mol. The quantitative estimate of drug-likeness (QED) is 0.763. The fraction of sp³-hybridized carbons (Fsp3) is 0.500. The Labute approximate surface area is 104 Å². The molecule has 0 aliphatic rings. The number of hydrogen-bond donors (Lipinski definition) is 1. The molecular formula is C14H22N2O. The predicted octanol–water partition coefficient (Wildman–Crippen LogP) is 1.93. The minimum Gasteiger partial charge on any atom is -0.342 e. The maximum atomic E-state index is 12.2. The topological polar surface area (TPSA) is 32.3 Å². The molecular weight excluding hydrogens is 212 g/mol. The van der Waals surface area contributed by atoms with E-state index in [2.05, 4.69) is 12.2 Å². The standard InChI is InChI=1S/C14H22N2O/c1-4-12-8-5-6-9-13(12)14(17)16(3)11-7-10-15-2/h5-6,8-9,15H,4,7,10-11H2,1-3H3. The summed E-state index contributed by atoms with van der Waals surface area (Å²) in [6.07, 6.45) is 1.87. The van der Waals surface area contributed by atoms with Crippen LogP contribution < -0.4 is 5.32 Å². The maximum absolute atomic E-state index is 12.2. The Kier molecular flexibility index (Phi) is 5.70. The van der Waals surface area contributed by atoms with Gasteiger partial charge < -0.3 is 10.2 Å². The largest absolute Gasteiger partial charge is 0.342 e. The van der Waals surface area contributed by atoms with E-state index >= 15 is 0 Å². The zero-order valence-corrected chi connectivity index (χ0v) is 11.0. The Bertz CT molecular complexity index is 363. The second-order valence-corrected chi connectivity index (χ2v) is 4.19. The lowest BCUT2D eigenvalue weighted by molar-refractivity contribution is 0.0792. The van der Waals surface area contributed by atoms with Gasteiger partial charge in [-0.2, -0.15) is 0 Å². The van der Waals surface area contributed by atoms with Crippen LogP contribution in [0, 0.1) is 0 Å². The number of amides is 1. The average molecular weight is 234 g/mol. The molecule has 1 aromatic rings. The van der Waals surface area contributed by atoms with E-state index in [1.54, 1.807) is 4.90 Å². The minimum atomic E-state index is 0.124. The number of carbonyl (C=O) groups is 1. The first-order chi connectivity index (χ1) is 8.20. The van der Waals surface area contributed by atoms with Crippen molar-refractivity contribution in [3.63, 3.8) is 0 Å². The van der Waals surface area contributed by atoms with Crippen molar-refractivity contribution in [2.75, 3.05) is 27.2 Å². The molecule has 0 bridgehead atoms. The summed E-state index contributed by atoms with van der Waals surface area (Å²) < 4.78 is 0. The van der Waals surface area contributed by atoms with Gasteiger partial charge in [-0.05, 0) is 38.1 Å². The molecule has 94 valence electrons. The van der Waals surface area contributed by atoms with Crippen LogP contribution >= 0.6 is 0 Å². The lowest BCUT2D eigenvalue weighted by Gasteiger charge is -2.18. The summed E-state index contributed by atoms with van der Waals surface area (Å²) in [6, 6.07) is 7.84. The highest BCUT2D eigenvalue weighted by atomic mass is 16.2. The van der Waals surface area contributed by atoms with E-state index in [1.807, 2.05) is 38.4 Å². The monoisotopic (exact) mass is 234 g/mol. The smallest absolute Gasteiger partial charge is 0.253 e. The summed E-state index contributed by atoms with van der Waals surface area (Å²) in [5, 5.41) is 3.09. The third kappa shape index (κ3) is 3.86. The highest BCUT2D eigenvalue weighted by Crippen LogP contribution is 2.11. The summed E-state index contributed by atoms with van der Waals surface area (Å²) in [6.45, 7) is 3.80. The second-order valence-electron chi connectivity index (χ2n) is 4.19. The Morgan fingerprint density at radius 3 is 2.71 bits per heavy atom. The van der Waals surface area contributed by atoms with Gasteiger partial charge in [0.25, 0.3) is 5.91 Å². The van der Waals surface area contributed by atoms with Crippen molar-refractivity contribution in [1.82, 2.24) is 10.2 Å². The van der Waals surface area contributed by atoms with Gasteiger partial charge in [0.2, 0.25) is 0 Å². The number of hydrogen-bond acceptors (Lipinski definition) is 2. The SMILES string of the molecule is CCc1ccccc1C(=O)N(C)CCCNC. The van der Waals surface area contributed by atoms with E-state index in [0.717, 1.165) is 37.1 Å². The highest BCUT2D eigenvalue weighted by Gasteiger charge is 2.13. The Balaban J connectivity index is 2.67. The van der Waals surface area contributed by atoms with Crippen LogP contribution in [0.2, 0.25) is 0 Å². The van der Waals surface area contributed by atoms with Crippen LogP contribution in [-0.4, -0.2) is 38.0 Å². The van der Waals surface area contributed by atoms with Crippen molar-refractivity contribution in [1.29, 1.82) is 0 Å². The van der Waals surface area contributed by atoms with Gasteiger partial charge in [-0.15, -0.1) is 0 Å². The summed E-state index contributed by atoms with van der Waals surface area (Å²) in [5.41, 5.74) is 1.96. The van der Waals surface area contributed by atoms with Crippen molar-refractivity contribution >= 4 is 5.91 Å². The number of nitrogens with one attached hydrogen (secondary N) is 1. The summed E-state index contributed by atoms with van der Waals surface area (Å²) in [5.74, 6) is 0.124. The molecule has 1 N–H and O–H groups in total. The molecule has 0 atom stereocenters. The molecule has 17 heavy (non-hydrogen) atoms. The average Bonchev–Trinajstić information content (AvgIpc) is 2.38. The zero-order valence-electron chi connectivity index (χ0n) is 11.0. The maximum Gasteiger partial charge on any atom is 0.253 e. The van der Waals surface area contributed by atoms with Crippen LogP contribution in [0.1, 0.15) is 29.3 Å². The molecule has 0 aliphatic heterocycles. The van der Waals surface area contributed by atoms with Crippen LogP contribution in [0.15, 0.2) is 24.3 Å². The molecule has 3 heteroatoms. The lowest BCUT2D eigenvalue weighted by atomic mass is 10.0. The Morgan fingerprint density at radius 1 is 1.35 bits per heavy atom. The van der Waals surface area contributed by atoms with Crippen molar-refractivity contribution in [2.45, 2.75) is 19.8 Å². The van der Waals surface area contributed by atoms with Crippen molar-refractivity contribution in [2.24, 2.45) is 0 Å². The van der Waals surface area contributed by atoms with Crippen molar-refractivity contribution in [3.05, 3.63) is 35.4 Å². The van der Waals surface area contributed by atoms with Crippen molar-refractivity contribution in [3.8, 4) is 0 Å². The molecule has 0 saturated heterocycles. The zero-order chi connectivity index (χ0) is 12.7. The molecule has 3 nitrogen and oxygen atoms in total. The number of aryl methyl sites for hydroxylation is 1. The van der Waals surface area contributed by atoms with Crippen LogP contribution in [0.3, 0.4) is 0 Å². The molecule has 1 aromatic carbocycles. The molecule has 0 radical (unpaired) electrons. The molecule has 0 fully saturated rings. The third-order valence-corrected chi connectivity index (χ3v) is 2.90. The fourth-order valence-electron chi connectivity index (χ4n) is 1.84. The van der Waals surface area contributed by atoms with Gasteiger partial charge in [0.1, 0.15) is 0 Å². The van der Waals surface area contributed by atoms with Gasteiger partial charge >= 0.3 is 0 Å². The molecule has 0 aliphatic carbocycles. The first kappa shape index (κ1) is 13.7. The van der Waals surface area contributed by atoms with Gasteiger partial charge in [-0.1, -0.05) is 25.1 Å². The number of carbonyl (C=O) groups excluding carboxylic acids is 1. The summed E-state index contributed by atoms with van der Waals surface area (Å²) in [4.78, 5) is 14.0.